The van der Waals surface area contributed by atoms with Crippen LogP contribution in [0.15, 0.2) is 62.1 Å². The molecule has 1 aliphatic rings. The van der Waals surface area contributed by atoms with Crippen LogP contribution in [-0.4, -0.2) is 23.4 Å². The first-order valence-corrected chi connectivity index (χ1v) is 10.3. The summed E-state index contributed by atoms with van der Waals surface area (Å²) in [5.41, 5.74) is 1.56. The summed E-state index contributed by atoms with van der Waals surface area (Å²) in [6.07, 6.45) is 1.54. The normalized spacial score (nSPS) is 14.5. The lowest BCUT2D eigenvalue weighted by Crippen LogP contribution is -2.06. The third-order valence-corrected chi connectivity index (χ3v) is 5.29. The van der Waals surface area contributed by atoms with Gasteiger partial charge < -0.3 is 9.47 Å². The Morgan fingerprint density at radius 3 is 2.60 bits per heavy atom. The van der Waals surface area contributed by atoms with Crippen molar-refractivity contribution in [2.24, 2.45) is 4.99 Å². The van der Waals surface area contributed by atoms with E-state index in [4.69, 9.17) is 21.1 Å². The van der Waals surface area contributed by atoms with Crippen molar-refractivity contribution in [1.29, 1.82) is 0 Å². The average molecular weight is 557 g/mol. The number of rotatable bonds is 6. The summed E-state index contributed by atoms with van der Waals surface area (Å²) in [6, 6.07) is 7.58. The van der Waals surface area contributed by atoms with Crippen molar-refractivity contribution in [3.8, 4) is 5.75 Å². The van der Waals surface area contributed by atoms with E-state index in [2.05, 4.69) is 43.4 Å². The number of carbonyl (C=O) groups is 1. The lowest BCUT2D eigenvalue weighted by atomic mass is 10.2. The van der Waals surface area contributed by atoms with E-state index < -0.39 is 10.9 Å². The molecular weight excluding hydrogens is 543 g/mol. The van der Waals surface area contributed by atoms with Crippen LogP contribution in [0, 0.1) is 10.1 Å². The van der Waals surface area contributed by atoms with Crippen LogP contribution in [0.25, 0.3) is 6.08 Å². The number of nitro benzene ring substituents is 1. The molecule has 0 atom stereocenters. The van der Waals surface area contributed by atoms with Gasteiger partial charge in [-0.25, -0.2) is 9.79 Å². The summed E-state index contributed by atoms with van der Waals surface area (Å²) < 4.78 is 12.2. The number of carbonyl (C=O) groups excluding carboxylic acids is 1. The molecule has 2 aromatic rings. The second kappa shape index (κ2) is 9.11. The van der Waals surface area contributed by atoms with Crippen LogP contribution < -0.4 is 4.74 Å². The number of esters is 1. The number of nitrogens with zero attached hydrogens (tertiary/aromatic N) is 2. The molecule has 3 rings (SSSR count). The third kappa shape index (κ3) is 4.97. The quantitative estimate of drug-likeness (QED) is 0.142. The van der Waals surface area contributed by atoms with Gasteiger partial charge in [0, 0.05) is 11.6 Å². The van der Waals surface area contributed by atoms with Crippen molar-refractivity contribution < 1.29 is 19.2 Å². The SMILES string of the molecule is C=C(C)COc1c(Br)cc(/C=C2\N=C(c3ccc(Cl)c([N+](=O)[O-])c3)OC2=O)cc1Br. The minimum Gasteiger partial charge on any atom is -0.487 e. The zero-order valence-electron chi connectivity index (χ0n) is 15.4. The van der Waals surface area contributed by atoms with Gasteiger partial charge in [-0.15, -0.1) is 0 Å². The van der Waals surface area contributed by atoms with Gasteiger partial charge in [0.1, 0.15) is 17.4 Å². The van der Waals surface area contributed by atoms with Crippen molar-refractivity contribution in [2.45, 2.75) is 6.92 Å². The number of aliphatic imine (C=N–C) groups is 1. The van der Waals surface area contributed by atoms with E-state index in [1.54, 1.807) is 12.1 Å². The van der Waals surface area contributed by atoms with Crippen molar-refractivity contribution in [1.82, 2.24) is 0 Å². The Morgan fingerprint density at radius 2 is 2.00 bits per heavy atom. The molecule has 0 amide bonds. The first-order chi connectivity index (χ1) is 14.2. The molecule has 30 heavy (non-hydrogen) atoms. The molecule has 0 aliphatic carbocycles. The van der Waals surface area contributed by atoms with E-state index >= 15 is 0 Å². The highest BCUT2D eigenvalue weighted by Crippen LogP contribution is 2.36. The fourth-order valence-corrected chi connectivity index (χ4v) is 4.11. The number of benzene rings is 2. The largest absolute Gasteiger partial charge is 0.487 e. The topological polar surface area (TPSA) is 91.0 Å². The van der Waals surface area contributed by atoms with Crippen molar-refractivity contribution in [2.75, 3.05) is 6.61 Å². The molecule has 0 saturated heterocycles. The number of nitro groups is 1. The zero-order chi connectivity index (χ0) is 22.0. The number of hydrogen-bond donors (Lipinski definition) is 0. The Bertz CT molecular complexity index is 1120. The van der Waals surface area contributed by atoms with Crippen molar-refractivity contribution in [3.05, 3.63) is 83.4 Å². The molecule has 0 unspecified atom stereocenters. The van der Waals surface area contributed by atoms with Gasteiger partial charge >= 0.3 is 5.97 Å². The maximum Gasteiger partial charge on any atom is 0.363 e. The highest BCUT2D eigenvalue weighted by Gasteiger charge is 2.26. The summed E-state index contributed by atoms with van der Waals surface area (Å²) >= 11 is 12.7. The smallest absolute Gasteiger partial charge is 0.363 e. The second-order valence-corrected chi connectivity index (χ2v) is 8.43. The molecule has 154 valence electrons. The summed E-state index contributed by atoms with van der Waals surface area (Å²) in [5.74, 6) is -0.102. The molecule has 1 heterocycles. The molecule has 2 aromatic carbocycles. The monoisotopic (exact) mass is 554 g/mol. The number of halogens is 3. The Morgan fingerprint density at radius 1 is 1.33 bits per heavy atom. The number of ether oxygens (including phenoxy) is 2. The lowest BCUT2D eigenvalue weighted by Gasteiger charge is -2.11. The fourth-order valence-electron chi connectivity index (χ4n) is 2.47. The Balaban J connectivity index is 1.92. The first kappa shape index (κ1) is 22.2. The van der Waals surface area contributed by atoms with Crippen LogP contribution in [0.1, 0.15) is 18.1 Å². The van der Waals surface area contributed by atoms with Gasteiger partial charge in [-0.2, -0.15) is 0 Å². The van der Waals surface area contributed by atoms with Crippen LogP contribution in [0.4, 0.5) is 5.69 Å². The zero-order valence-corrected chi connectivity index (χ0v) is 19.4. The Labute approximate surface area is 193 Å². The third-order valence-electron chi connectivity index (χ3n) is 3.80. The maximum absolute atomic E-state index is 12.2. The van der Waals surface area contributed by atoms with E-state index in [0.717, 1.165) is 5.57 Å². The molecule has 0 bridgehead atoms. The fraction of sp³-hybridized carbons (Fsp3) is 0.100. The van der Waals surface area contributed by atoms with Crippen LogP contribution >= 0.6 is 43.5 Å². The molecular formula is C20H13Br2ClN2O5. The van der Waals surface area contributed by atoms with E-state index in [1.165, 1.54) is 24.3 Å². The predicted molar refractivity (Wildman–Crippen MR) is 121 cm³/mol. The van der Waals surface area contributed by atoms with Gasteiger partial charge in [0.15, 0.2) is 5.70 Å². The number of cyclic esters (lactones) is 1. The standard InChI is InChI=1S/C20H13Br2ClN2O5/c1-10(2)9-29-18-13(21)5-11(6-14(18)22)7-16-20(26)30-19(24-16)12-3-4-15(23)17(8-12)25(27)28/h3-8H,1,9H2,2H3/b16-7-. The molecule has 0 spiro atoms. The van der Waals surface area contributed by atoms with Crippen LogP contribution in [0.3, 0.4) is 0 Å². The predicted octanol–water partition coefficient (Wildman–Crippen LogP) is 6.07. The maximum atomic E-state index is 12.2. The molecule has 1 aliphatic heterocycles. The van der Waals surface area contributed by atoms with Gasteiger partial charge in [-0.1, -0.05) is 18.2 Å². The van der Waals surface area contributed by atoms with Crippen LogP contribution in [0.5, 0.6) is 5.75 Å². The van der Waals surface area contributed by atoms with Gasteiger partial charge in [0.25, 0.3) is 5.69 Å². The van der Waals surface area contributed by atoms with Gasteiger partial charge in [-0.3, -0.25) is 10.1 Å². The highest BCUT2D eigenvalue weighted by molar-refractivity contribution is 9.11. The van der Waals surface area contributed by atoms with Gasteiger partial charge in [-0.05, 0) is 80.3 Å². The molecule has 0 aromatic heterocycles. The molecule has 0 saturated carbocycles. The Hall–Kier alpha value is -2.49. The van der Waals surface area contributed by atoms with E-state index in [0.29, 0.717) is 26.9 Å². The van der Waals surface area contributed by atoms with Crippen LogP contribution in [-0.2, 0) is 9.53 Å². The van der Waals surface area contributed by atoms with Crippen molar-refractivity contribution in [3.63, 3.8) is 0 Å². The van der Waals surface area contributed by atoms with Crippen LogP contribution in [0.2, 0.25) is 5.02 Å². The second-order valence-electron chi connectivity index (χ2n) is 6.32. The molecule has 0 radical (unpaired) electrons. The summed E-state index contributed by atoms with van der Waals surface area (Å²) in [4.78, 5) is 26.9. The highest BCUT2D eigenvalue weighted by atomic mass is 79.9. The molecule has 0 fully saturated rings. The van der Waals surface area contributed by atoms with E-state index in [9.17, 15) is 14.9 Å². The van der Waals surface area contributed by atoms with Gasteiger partial charge in [0.05, 0.1) is 13.9 Å². The Kier molecular flexibility index (Phi) is 6.74. The van der Waals surface area contributed by atoms with E-state index in [1.807, 2.05) is 6.92 Å². The van der Waals surface area contributed by atoms with Crippen molar-refractivity contribution >= 4 is 67.1 Å². The summed E-state index contributed by atoms with van der Waals surface area (Å²) in [6.45, 7) is 6.02. The summed E-state index contributed by atoms with van der Waals surface area (Å²) in [5, 5.41) is 11.1. The molecule has 7 nitrogen and oxygen atoms in total. The molecule has 0 N–H and O–H groups in total. The minimum absolute atomic E-state index is 0.0203. The van der Waals surface area contributed by atoms with Gasteiger partial charge in [0.2, 0.25) is 5.90 Å². The minimum atomic E-state index is -0.669. The first-order valence-electron chi connectivity index (χ1n) is 8.39. The average Bonchev–Trinajstić information content (AvgIpc) is 3.01. The number of hydrogen-bond acceptors (Lipinski definition) is 6. The van der Waals surface area contributed by atoms with E-state index in [-0.39, 0.29) is 27.9 Å². The lowest BCUT2D eigenvalue weighted by molar-refractivity contribution is -0.384. The molecule has 10 heteroatoms. The summed E-state index contributed by atoms with van der Waals surface area (Å²) in [7, 11) is 0.